The Hall–Kier alpha value is -2.14. The Kier molecular flexibility index (Phi) is 4.75. The van der Waals surface area contributed by atoms with Gasteiger partial charge in [0.15, 0.2) is 0 Å². The van der Waals surface area contributed by atoms with E-state index < -0.39 is 17.7 Å². The molecule has 2 rings (SSSR count). The molecular weight excluding hydrogens is 276 g/mol. The fraction of sp³-hybridized carbons (Fsp3) is 0.250. The highest BCUT2D eigenvalue weighted by Gasteiger charge is 2.22. The highest BCUT2D eigenvalue weighted by atomic mass is 19.1. The van der Waals surface area contributed by atoms with Crippen LogP contribution in [0.1, 0.15) is 17.2 Å². The molecule has 0 aliphatic rings. The summed E-state index contributed by atoms with van der Waals surface area (Å²) in [6, 6.07) is 8.79. The van der Waals surface area contributed by atoms with Gasteiger partial charge in [-0.25, -0.2) is 8.78 Å². The third-order valence-corrected chi connectivity index (χ3v) is 3.29. The van der Waals surface area contributed by atoms with Crippen molar-refractivity contribution in [3.8, 4) is 11.5 Å². The van der Waals surface area contributed by atoms with Gasteiger partial charge in [-0.05, 0) is 24.7 Å². The third kappa shape index (κ3) is 3.13. The molecule has 0 heterocycles. The molecule has 112 valence electrons. The second kappa shape index (κ2) is 6.54. The second-order valence-corrected chi connectivity index (χ2v) is 4.50. The lowest BCUT2D eigenvalue weighted by Crippen LogP contribution is -2.20. The minimum atomic E-state index is -0.658. The van der Waals surface area contributed by atoms with Gasteiger partial charge >= 0.3 is 0 Å². The lowest BCUT2D eigenvalue weighted by Gasteiger charge is -2.19. The van der Waals surface area contributed by atoms with E-state index in [1.54, 1.807) is 38.4 Å². The smallest absolute Gasteiger partial charge is 0.134 e. The highest BCUT2D eigenvalue weighted by molar-refractivity contribution is 5.40. The van der Waals surface area contributed by atoms with Crippen molar-refractivity contribution in [2.45, 2.75) is 6.04 Å². The number of hydrogen-bond acceptors (Lipinski definition) is 3. The van der Waals surface area contributed by atoms with E-state index in [-0.39, 0.29) is 11.3 Å². The van der Waals surface area contributed by atoms with Crippen LogP contribution in [-0.2, 0) is 0 Å². The van der Waals surface area contributed by atoms with Gasteiger partial charge in [-0.2, -0.15) is 0 Å². The van der Waals surface area contributed by atoms with E-state index in [2.05, 4.69) is 5.32 Å². The van der Waals surface area contributed by atoms with Crippen molar-refractivity contribution in [2.75, 3.05) is 21.3 Å². The van der Waals surface area contributed by atoms with Crippen molar-refractivity contribution in [3.63, 3.8) is 0 Å². The van der Waals surface area contributed by atoms with Crippen LogP contribution in [0.25, 0.3) is 0 Å². The molecule has 0 saturated carbocycles. The van der Waals surface area contributed by atoms with Gasteiger partial charge in [0.2, 0.25) is 0 Å². The standard InChI is InChI=1S/C16H17F2NO2/c1-19-16(10-5-4-6-11(7-10)20-2)15-13(17)8-12(21-3)9-14(15)18/h4-9,16,19H,1-3H3. The maximum Gasteiger partial charge on any atom is 0.134 e. The van der Waals surface area contributed by atoms with Crippen LogP contribution in [0.15, 0.2) is 36.4 Å². The lowest BCUT2D eigenvalue weighted by molar-refractivity contribution is 0.403. The molecule has 3 nitrogen and oxygen atoms in total. The molecule has 0 aliphatic heterocycles. The van der Waals surface area contributed by atoms with E-state index in [9.17, 15) is 8.78 Å². The average molecular weight is 293 g/mol. The van der Waals surface area contributed by atoms with Gasteiger partial charge in [0.25, 0.3) is 0 Å². The fourth-order valence-electron chi connectivity index (χ4n) is 2.25. The predicted molar refractivity (Wildman–Crippen MR) is 76.8 cm³/mol. The van der Waals surface area contributed by atoms with Crippen LogP contribution in [0.2, 0.25) is 0 Å². The van der Waals surface area contributed by atoms with Crippen LogP contribution in [0.4, 0.5) is 8.78 Å². The molecule has 2 aromatic rings. The molecule has 0 aliphatic carbocycles. The first-order valence-electron chi connectivity index (χ1n) is 6.44. The molecule has 5 heteroatoms. The zero-order valence-electron chi connectivity index (χ0n) is 12.1. The summed E-state index contributed by atoms with van der Waals surface area (Å²) in [6.45, 7) is 0. The van der Waals surface area contributed by atoms with Crippen molar-refractivity contribution in [2.24, 2.45) is 0 Å². The van der Waals surface area contributed by atoms with Gasteiger partial charge < -0.3 is 14.8 Å². The van der Waals surface area contributed by atoms with E-state index >= 15 is 0 Å². The summed E-state index contributed by atoms with van der Waals surface area (Å²) in [4.78, 5) is 0. The van der Waals surface area contributed by atoms with E-state index in [1.807, 2.05) is 0 Å². The Morgan fingerprint density at radius 3 is 2.10 bits per heavy atom. The summed E-state index contributed by atoms with van der Waals surface area (Å²) < 4.78 is 38.4. The molecule has 0 aromatic heterocycles. The first kappa shape index (κ1) is 15.3. The van der Waals surface area contributed by atoms with Gasteiger partial charge in [0.1, 0.15) is 23.1 Å². The number of ether oxygens (including phenoxy) is 2. The van der Waals surface area contributed by atoms with Crippen molar-refractivity contribution < 1.29 is 18.3 Å². The molecule has 0 fully saturated rings. The molecule has 0 saturated heterocycles. The monoisotopic (exact) mass is 293 g/mol. The molecule has 1 unspecified atom stereocenters. The maximum absolute atomic E-state index is 14.2. The largest absolute Gasteiger partial charge is 0.497 e. The van der Waals surface area contributed by atoms with Crippen molar-refractivity contribution in [1.29, 1.82) is 0 Å². The van der Waals surface area contributed by atoms with Crippen LogP contribution >= 0.6 is 0 Å². The molecule has 0 spiro atoms. The van der Waals surface area contributed by atoms with Gasteiger partial charge in [0, 0.05) is 17.7 Å². The first-order chi connectivity index (χ1) is 10.1. The van der Waals surface area contributed by atoms with Gasteiger partial charge in [-0.1, -0.05) is 12.1 Å². The summed E-state index contributed by atoms with van der Waals surface area (Å²) >= 11 is 0. The summed E-state index contributed by atoms with van der Waals surface area (Å²) in [5, 5.41) is 2.93. The van der Waals surface area contributed by atoms with Crippen LogP contribution < -0.4 is 14.8 Å². The number of methoxy groups -OCH3 is 2. The van der Waals surface area contributed by atoms with Crippen LogP contribution in [0.3, 0.4) is 0 Å². The molecule has 0 radical (unpaired) electrons. The van der Waals surface area contributed by atoms with Crippen LogP contribution in [0, 0.1) is 11.6 Å². The number of hydrogen-bond donors (Lipinski definition) is 1. The van der Waals surface area contributed by atoms with Gasteiger partial charge in [-0.15, -0.1) is 0 Å². The zero-order valence-corrected chi connectivity index (χ0v) is 12.1. The van der Waals surface area contributed by atoms with Crippen molar-refractivity contribution in [1.82, 2.24) is 5.32 Å². The number of halogens is 2. The molecule has 0 amide bonds. The fourth-order valence-corrected chi connectivity index (χ4v) is 2.25. The predicted octanol–water partition coefficient (Wildman–Crippen LogP) is 3.29. The van der Waals surface area contributed by atoms with Gasteiger partial charge in [-0.3, -0.25) is 0 Å². The Bertz CT molecular complexity index is 608. The first-order valence-corrected chi connectivity index (χ1v) is 6.44. The number of benzene rings is 2. The van der Waals surface area contributed by atoms with Crippen molar-refractivity contribution in [3.05, 3.63) is 59.2 Å². The molecular formula is C16H17F2NO2. The Morgan fingerprint density at radius 1 is 0.952 bits per heavy atom. The Labute approximate surface area is 122 Å². The Morgan fingerprint density at radius 2 is 1.57 bits per heavy atom. The topological polar surface area (TPSA) is 30.5 Å². The van der Waals surface area contributed by atoms with Gasteiger partial charge in [0.05, 0.1) is 20.3 Å². The third-order valence-electron chi connectivity index (χ3n) is 3.29. The summed E-state index contributed by atoms with van der Waals surface area (Å²) in [6.07, 6.45) is 0. The maximum atomic E-state index is 14.2. The summed E-state index contributed by atoms with van der Waals surface area (Å²) in [5.41, 5.74) is 0.659. The lowest BCUT2D eigenvalue weighted by atomic mass is 9.97. The molecule has 21 heavy (non-hydrogen) atoms. The Balaban J connectivity index is 2.50. The average Bonchev–Trinajstić information content (AvgIpc) is 2.50. The minimum absolute atomic E-state index is 0.0495. The summed E-state index contributed by atoms with van der Waals surface area (Å²) in [5.74, 6) is -0.542. The molecule has 0 bridgehead atoms. The number of nitrogens with one attached hydrogen (secondary N) is 1. The quantitative estimate of drug-likeness (QED) is 0.917. The van der Waals surface area contributed by atoms with Crippen molar-refractivity contribution >= 4 is 0 Å². The molecule has 1 N–H and O–H groups in total. The van der Waals surface area contributed by atoms with E-state index in [0.29, 0.717) is 11.3 Å². The highest BCUT2D eigenvalue weighted by Crippen LogP contribution is 2.31. The minimum Gasteiger partial charge on any atom is -0.497 e. The van der Waals surface area contributed by atoms with E-state index in [0.717, 1.165) is 0 Å². The van der Waals surface area contributed by atoms with E-state index in [4.69, 9.17) is 9.47 Å². The molecule has 1 atom stereocenters. The zero-order chi connectivity index (χ0) is 15.4. The summed E-state index contributed by atoms with van der Waals surface area (Å²) in [7, 11) is 4.56. The second-order valence-electron chi connectivity index (χ2n) is 4.50. The SMILES string of the molecule is CNC(c1cccc(OC)c1)c1c(F)cc(OC)cc1F. The molecule has 2 aromatic carbocycles. The van der Waals surface area contributed by atoms with E-state index in [1.165, 1.54) is 19.2 Å². The van der Waals surface area contributed by atoms with Crippen LogP contribution in [-0.4, -0.2) is 21.3 Å². The number of rotatable bonds is 5. The van der Waals surface area contributed by atoms with Crippen LogP contribution in [0.5, 0.6) is 11.5 Å². The normalized spacial score (nSPS) is 12.0.